The lowest BCUT2D eigenvalue weighted by molar-refractivity contribution is 0.0569. The Labute approximate surface area is 191 Å². The van der Waals surface area contributed by atoms with E-state index in [0.29, 0.717) is 40.7 Å². The number of hydrogen-bond donors (Lipinski definition) is 1. The molecule has 7 heteroatoms. The molecule has 5 rings (SSSR count). The van der Waals surface area contributed by atoms with E-state index in [-0.39, 0.29) is 17.9 Å². The highest BCUT2D eigenvalue weighted by atomic mass is 16.3. The molecule has 0 radical (unpaired) electrons. The first-order valence-electron chi connectivity index (χ1n) is 11.1. The molecule has 1 N–H and O–H groups in total. The molecule has 0 spiro atoms. The average molecular weight is 441 g/mol. The number of amides is 2. The molecule has 1 unspecified atom stereocenters. The molecule has 1 saturated heterocycles. The summed E-state index contributed by atoms with van der Waals surface area (Å²) in [5.41, 5.74) is 2.39. The lowest BCUT2D eigenvalue weighted by Gasteiger charge is -2.34. The van der Waals surface area contributed by atoms with Crippen molar-refractivity contribution in [3.8, 4) is 0 Å². The van der Waals surface area contributed by atoms with Gasteiger partial charge in [-0.05, 0) is 50.5 Å². The first-order chi connectivity index (χ1) is 16.1. The van der Waals surface area contributed by atoms with Crippen LogP contribution in [0.3, 0.4) is 0 Å². The van der Waals surface area contributed by atoms with Crippen molar-refractivity contribution in [1.82, 2.24) is 14.9 Å². The number of benzene rings is 2. The monoisotopic (exact) mass is 440 g/mol. The Bertz CT molecular complexity index is 1280. The zero-order chi connectivity index (χ0) is 22.8. The Morgan fingerprint density at radius 1 is 1.06 bits per heavy atom. The van der Waals surface area contributed by atoms with Gasteiger partial charge < -0.3 is 14.6 Å². The van der Waals surface area contributed by atoms with Gasteiger partial charge in [-0.3, -0.25) is 9.59 Å². The first kappa shape index (κ1) is 20.9. The Morgan fingerprint density at radius 2 is 1.85 bits per heavy atom. The van der Waals surface area contributed by atoms with Crippen molar-refractivity contribution >= 4 is 28.5 Å². The van der Waals surface area contributed by atoms with Gasteiger partial charge in [0.15, 0.2) is 11.6 Å². The van der Waals surface area contributed by atoms with Crippen LogP contribution in [0.5, 0.6) is 0 Å². The van der Waals surface area contributed by atoms with Crippen LogP contribution in [-0.2, 0) is 0 Å². The van der Waals surface area contributed by atoms with Gasteiger partial charge in [0.05, 0.1) is 17.3 Å². The third kappa shape index (κ3) is 4.22. The van der Waals surface area contributed by atoms with E-state index < -0.39 is 0 Å². The van der Waals surface area contributed by atoms with Crippen molar-refractivity contribution < 1.29 is 14.0 Å². The smallest absolute Gasteiger partial charge is 0.290 e. The molecule has 3 heterocycles. The number of furan rings is 1. The number of rotatable bonds is 4. The van der Waals surface area contributed by atoms with Crippen LogP contribution in [0.1, 0.15) is 57.7 Å². The standard InChI is InChI=1S/C26H24N4O3/c1-17-20(25(31)29-19-10-3-2-4-11-19)16-27-24(28-17)21-12-7-8-14-30(21)26(32)23-15-18-9-5-6-13-22(18)33-23/h2-6,9-11,13,15-16,21H,7-8,12,14H2,1H3,(H,29,31). The molecule has 33 heavy (non-hydrogen) atoms. The Balaban J connectivity index is 1.39. The fraction of sp³-hybridized carbons (Fsp3) is 0.231. The van der Waals surface area contributed by atoms with Gasteiger partial charge in [0.1, 0.15) is 5.58 Å². The number of likely N-dealkylation sites (tertiary alicyclic amines) is 1. The van der Waals surface area contributed by atoms with E-state index in [4.69, 9.17) is 4.42 Å². The topological polar surface area (TPSA) is 88.3 Å². The van der Waals surface area contributed by atoms with Crippen molar-refractivity contribution in [2.24, 2.45) is 0 Å². The number of fused-ring (bicyclic) bond motifs is 1. The minimum Gasteiger partial charge on any atom is -0.451 e. The Kier molecular flexibility index (Phi) is 5.60. The number of carbonyl (C=O) groups excluding carboxylic acids is 2. The van der Waals surface area contributed by atoms with Gasteiger partial charge in [0.25, 0.3) is 11.8 Å². The van der Waals surface area contributed by atoms with Crippen LogP contribution in [0.25, 0.3) is 11.0 Å². The number of para-hydroxylation sites is 2. The molecule has 0 aliphatic carbocycles. The normalized spacial score (nSPS) is 16.0. The van der Waals surface area contributed by atoms with Crippen molar-refractivity contribution in [3.63, 3.8) is 0 Å². The minimum absolute atomic E-state index is 0.164. The molecule has 2 amide bonds. The second-order valence-corrected chi connectivity index (χ2v) is 8.21. The molecule has 1 atom stereocenters. The highest BCUT2D eigenvalue weighted by molar-refractivity contribution is 6.04. The van der Waals surface area contributed by atoms with E-state index >= 15 is 0 Å². The summed E-state index contributed by atoms with van der Waals surface area (Å²) in [6.07, 6.45) is 4.21. The summed E-state index contributed by atoms with van der Waals surface area (Å²) in [7, 11) is 0. The van der Waals surface area contributed by atoms with Gasteiger partial charge in [0.2, 0.25) is 0 Å². The summed E-state index contributed by atoms with van der Waals surface area (Å²) < 4.78 is 5.81. The summed E-state index contributed by atoms with van der Waals surface area (Å²) in [6.45, 7) is 2.40. The number of aryl methyl sites for hydroxylation is 1. The van der Waals surface area contributed by atoms with Gasteiger partial charge in [-0.1, -0.05) is 36.4 Å². The number of aromatic nitrogens is 2. The predicted molar refractivity (Wildman–Crippen MR) is 125 cm³/mol. The van der Waals surface area contributed by atoms with Gasteiger partial charge >= 0.3 is 0 Å². The molecular weight excluding hydrogens is 416 g/mol. The molecule has 1 aliphatic rings. The minimum atomic E-state index is -0.260. The molecule has 1 fully saturated rings. The zero-order valence-electron chi connectivity index (χ0n) is 18.3. The second-order valence-electron chi connectivity index (χ2n) is 8.21. The van der Waals surface area contributed by atoms with Crippen LogP contribution >= 0.6 is 0 Å². The van der Waals surface area contributed by atoms with E-state index in [1.807, 2.05) is 54.6 Å². The van der Waals surface area contributed by atoms with Gasteiger partial charge in [0, 0.05) is 23.8 Å². The van der Waals surface area contributed by atoms with Crippen molar-refractivity contribution in [2.45, 2.75) is 32.2 Å². The molecule has 166 valence electrons. The molecule has 1 aliphatic heterocycles. The third-order valence-electron chi connectivity index (χ3n) is 5.97. The molecule has 7 nitrogen and oxygen atoms in total. The van der Waals surface area contributed by atoms with Crippen LogP contribution < -0.4 is 5.32 Å². The number of nitrogens with zero attached hydrogens (tertiary/aromatic N) is 3. The van der Waals surface area contributed by atoms with Crippen LogP contribution in [0, 0.1) is 6.92 Å². The Morgan fingerprint density at radius 3 is 2.64 bits per heavy atom. The zero-order valence-corrected chi connectivity index (χ0v) is 18.3. The van der Waals surface area contributed by atoms with Crippen LogP contribution in [-0.4, -0.2) is 33.2 Å². The van der Waals surface area contributed by atoms with E-state index in [1.54, 1.807) is 24.1 Å². The summed E-state index contributed by atoms with van der Waals surface area (Å²) in [4.78, 5) is 36.9. The fourth-order valence-corrected chi connectivity index (χ4v) is 4.26. The quantitative estimate of drug-likeness (QED) is 0.474. The van der Waals surface area contributed by atoms with Crippen LogP contribution in [0.15, 0.2) is 71.3 Å². The summed E-state index contributed by atoms with van der Waals surface area (Å²) in [5.74, 6) is 0.443. The SMILES string of the molecule is Cc1nc(C2CCCCN2C(=O)c2cc3ccccc3o2)ncc1C(=O)Nc1ccccc1. The fourth-order valence-electron chi connectivity index (χ4n) is 4.26. The maximum atomic E-state index is 13.3. The molecule has 2 aromatic carbocycles. The number of nitrogens with one attached hydrogen (secondary N) is 1. The number of anilines is 1. The molecule has 0 saturated carbocycles. The highest BCUT2D eigenvalue weighted by Crippen LogP contribution is 2.32. The van der Waals surface area contributed by atoms with E-state index in [1.165, 1.54) is 0 Å². The molecular formula is C26H24N4O3. The Hall–Kier alpha value is -4.00. The van der Waals surface area contributed by atoms with Crippen molar-refractivity contribution in [2.75, 3.05) is 11.9 Å². The maximum absolute atomic E-state index is 13.3. The van der Waals surface area contributed by atoms with Gasteiger partial charge in [-0.15, -0.1) is 0 Å². The van der Waals surface area contributed by atoms with Crippen LogP contribution in [0.4, 0.5) is 5.69 Å². The lowest BCUT2D eigenvalue weighted by Crippen LogP contribution is -2.39. The van der Waals surface area contributed by atoms with E-state index in [9.17, 15) is 9.59 Å². The van der Waals surface area contributed by atoms with E-state index in [0.717, 1.165) is 24.6 Å². The maximum Gasteiger partial charge on any atom is 0.290 e. The van der Waals surface area contributed by atoms with Crippen molar-refractivity contribution in [3.05, 3.63) is 89.7 Å². The van der Waals surface area contributed by atoms with Gasteiger partial charge in [-0.2, -0.15) is 0 Å². The number of piperidine rings is 1. The largest absolute Gasteiger partial charge is 0.451 e. The third-order valence-corrected chi connectivity index (χ3v) is 5.97. The summed E-state index contributed by atoms with van der Waals surface area (Å²) >= 11 is 0. The molecule has 0 bridgehead atoms. The van der Waals surface area contributed by atoms with Crippen molar-refractivity contribution in [1.29, 1.82) is 0 Å². The van der Waals surface area contributed by atoms with Gasteiger partial charge in [-0.25, -0.2) is 9.97 Å². The van der Waals surface area contributed by atoms with E-state index in [2.05, 4.69) is 15.3 Å². The summed E-state index contributed by atoms with van der Waals surface area (Å²) in [6, 6.07) is 18.4. The first-order valence-corrected chi connectivity index (χ1v) is 11.1. The highest BCUT2D eigenvalue weighted by Gasteiger charge is 2.32. The second kappa shape index (κ2) is 8.86. The predicted octanol–water partition coefficient (Wildman–Crippen LogP) is 5.15. The summed E-state index contributed by atoms with van der Waals surface area (Å²) in [5, 5.41) is 3.76. The average Bonchev–Trinajstić information content (AvgIpc) is 3.28. The number of carbonyl (C=O) groups is 2. The van der Waals surface area contributed by atoms with Crippen LogP contribution in [0.2, 0.25) is 0 Å². The number of hydrogen-bond acceptors (Lipinski definition) is 5. The lowest BCUT2D eigenvalue weighted by atomic mass is 10.0. The molecule has 2 aromatic heterocycles. The molecule has 4 aromatic rings.